The van der Waals surface area contributed by atoms with Crippen LogP contribution >= 0.6 is 15.9 Å². The molecular weight excluding hydrogens is 429 g/mol. The Morgan fingerprint density at radius 3 is 2.46 bits per heavy atom. The molecule has 1 unspecified atom stereocenters. The highest BCUT2D eigenvalue weighted by Crippen LogP contribution is 2.40. The normalized spacial score (nSPS) is 20.4. The molecule has 7 heteroatoms. The van der Waals surface area contributed by atoms with Crippen LogP contribution in [-0.2, 0) is 19.9 Å². The molecule has 148 valence electrons. The van der Waals surface area contributed by atoms with Gasteiger partial charge in [-0.05, 0) is 42.3 Å². The van der Waals surface area contributed by atoms with Crippen LogP contribution < -0.4 is 0 Å². The summed E-state index contributed by atoms with van der Waals surface area (Å²) in [6.45, 7) is 2.32. The molecule has 5 nitrogen and oxygen atoms in total. The quantitative estimate of drug-likeness (QED) is 0.605. The monoisotopic (exact) mass is 449 g/mol. The van der Waals surface area contributed by atoms with Gasteiger partial charge >= 0.3 is 12.1 Å². The van der Waals surface area contributed by atoms with Crippen LogP contribution in [0.15, 0.2) is 53.0 Å². The average molecular weight is 450 g/mol. The number of rotatable bonds is 5. The van der Waals surface area contributed by atoms with Gasteiger partial charge in [0.25, 0.3) is 0 Å². The van der Waals surface area contributed by atoms with Gasteiger partial charge in [-0.3, -0.25) is 4.79 Å². The van der Waals surface area contributed by atoms with E-state index >= 15 is 0 Å². The number of esters is 1. The van der Waals surface area contributed by atoms with Crippen molar-refractivity contribution in [3.8, 4) is 0 Å². The molecule has 0 radical (unpaired) electrons. The number of benzene rings is 2. The first kappa shape index (κ1) is 20.3. The minimum absolute atomic E-state index is 0.124. The maximum Gasteiger partial charge on any atom is 0.411 e. The lowest BCUT2D eigenvalue weighted by atomic mass is 9.85. The van der Waals surface area contributed by atoms with Crippen molar-refractivity contribution in [1.82, 2.24) is 4.90 Å². The van der Waals surface area contributed by atoms with Crippen molar-refractivity contribution < 1.29 is 23.5 Å². The molecule has 3 rings (SSSR count). The summed E-state index contributed by atoms with van der Waals surface area (Å²) in [6, 6.07) is 13.2. The molecule has 0 aliphatic carbocycles. The van der Waals surface area contributed by atoms with Crippen LogP contribution in [0.1, 0.15) is 36.9 Å². The molecule has 0 spiro atoms. The summed E-state index contributed by atoms with van der Waals surface area (Å²) in [4.78, 5) is 26.5. The minimum atomic E-state index is -1.17. The SMILES string of the molecule is COC(=O)C[C@]1(c2ccc(F)cc2)CCN(C(C)c2ccc(Br)cc2)C(=O)O1. The first-order valence-electron chi connectivity index (χ1n) is 8.92. The van der Waals surface area contributed by atoms with Gasteiger partial charge in [0.2, 0.25) is 0 Å². The zero-order valence-electron chi connectivity index (χ0n) is 15.7. The smallest absolute Gasteiger partial charge is 0.411 e. The molecule has 1 saturated heterocycles. The number of ether oxygens (including phenoxy) is 2. The van der Waals surface area contributed by atoms with E-state index in [2.05, 4.69) is 15.9 Å². The number of hydrogen-bond acceptors (Lipinski definition) is 4. The number of methoxy groups -OCH3 is 1. The third-order valence-electron chi connectivity index (χ3n) is 5.12. The summed E-state index contributed by atoms with van der Waals surface area (Å²) in [5, 5.41) is 0. The molecule has 1 aliphatic heterocycles. The lowest BCUT2D eigenvalue weighted by molar-refractivity contribution is -0.149. The lowest BCUT2D eigenvalue weighted by Gasteiger charge is -2.43. The van der Waals surface area contributed by atoms with Gasteiger partial charge in [-0.25, -0.2) is 9.18 Å². The average Bonchev–Trinajstić information content (AvgIpc) is 2.68. The summed E-state index contributed by atoms with van der Waals surface area (Å²) in [6.07, 6.45) is -0.253. The van der Waals surface area contributed by atoms with Gasteiger partial charge < -0.3 is 14.4 Å². The summed E-state index contributed by atoms with van der Waals surface area (Å²) < 4.78 is 24.9. The molecule has 2 atom stereocenters. The van der Waals surface area contributed by atoms with E-state index in [0.29, 0.717) is 18.5 Å². The molecule has 2 aromatic carbocycles. The zero-order chi connectivity index (χ0) is 20.3. The van der Waals surface area contributed by atoms with Gasteiger partial charge in [0.1, 0.15) is 5.82 Å². The van der Waals surface area contributed by atoms with Gasteiger partial charge in [-0.2, -0.15) is 0 Å². The highest BCUT2D eigenvalue weighted by molar-refractivity contribution is 9.10. The van der Waals surface area contributed by atoms with Crippen LogP contribution in [0.2, 0.25) is 0 Å². The number of nitrogens with zero attached hydrogens (tertiary/aromatic N) is 1. The molecule has 1 fully saturated rings. The molecular formula is C21H21BrFNO4. The molecule has 0 aromatic heterocycles. The van der Waals surface area contributed by atoms with Crippen molar-refractivity contribution in [2.24, 2.45) is 0 Å². The van der Waals surface area contributed by atoms with E-state index in [1.807, 2.05) is 31.2 Å². The fourth-order valence-corrected chi connectivity index (χ4v) is 3.70. The number of carbonyl (C=O) groups excluding carboxylic acids is 2. The number of cyclic esters (lactones) is 1. The second-order valence-electron chi connectivity index (χ2n) is 6.79. The Bertz CT molecular complexity index is 856. The zero-order valence-corrected chi connectivity index (χ0v) is 17.2. The van der Waals surface area contributed by atoms with Crippen molar-refractivity contribution in [3.63, 3.8) is 0 Å². The van der Waals surface area contributed by atoms with Crippen molar-refractivity contribution in [3.05, 3.63) is 69.9 Å². The van der Waals surface area contributed by atoms with Crippen molar-refractivity contribution in [2.75, 3.05) is 13.7 Å². The number of carbonyl (C=O) groups is 2. The Labute approximate surface area is 171 Å². The maximum absolute atomic E-state index is 13.4. The van der Waals surface area contributed by atoms with Crippen LogP contribution in [0, 0.1) is 5.82 Å². The van der Waals surface area contributed by atoms with Gasteiger partial charge in [0.15, 0.2) is 5.60 Å². The van der Waals surface area contributed by atoms with Gasteiger partial charge in [-0.1, -0.05) is 40.2 Å². The van der Waals surface area contributed by atoms with Crippen molar-refractivity contribution in [2.45, 2.75) is 31.4 Å². The van der Waals surface area contributed by atoms with E-state index in [0.717, 1.165) is 10.0 Å². The Morgan fingerprint density at radius 2 is 1.89 bits per heavy atom. The number of hydrogen-bond donors (Lipinski definition) is 0. The standard InChI is InChI=1S/C21H21BrFNO4/c1-14(15-3-7-17(22)8-4-15)24-12-11-21(28-20(24)26,13-19(25)27-2)16-5-9-18(23)10-6-16/h3-10,14H,11-13H2,1-2H3/t14?,21-/m0/s1. The predicted molar refractivity (Wildman–Crippen MR) is 105 cm³/mol. The van der Waals surface area contributed by atoms with Gasteiger partial charge in [0, 0.05) is 17.4 Å². The van der Waals surface area contributed by atoms with Crippen LogP contribution in [0.25, 0.3) is 0 Å². The number of halogens is 2. The largest absolute Gasteiger partial charge is 0.469 e. The predicted octanol–water partition coefficient (Wildman–Crippen LogP) is 4.95. The second kappa shape index (κ2) is 8.31. The third-order valence-corrected chi connectivity index (χ3v) is 5.65. The molecule has 1 amide bonds. The fraction of sp³-hybridized carbons (Fsp3) is 0.333. The van der Waals surface area contributed by atoms with Crippen molar-refractivity contribution >= 4 is 28.0 Å². The van der Waals surface area contributed by atoms with Gasteiger partial charge in [0.05, 0.1) is 19.6 Å². The van der Waals surface area contributed by atoms with E-state index in [1.165, 1.54) is 19.2 Å². The van der Waals surface area contributed by atoms with E-state index in [-0.39, 0.29) is 12.5 Å². The maximum atomic E-state index is 13.4. The minimum Gasteiger partial charge on any atom is -0.469 e. The summed E-state index contributed by atoms with van der Waals surface area (Å²) in [7, 11) is 1.28. The molecule has 0 saturated carbocycles. The fourth-order valence-electron chi connectivity index (χ4n) is 3.43. The molecule has 0 N–H and O–H groups in total. The Balaban J connectivity index is 1.85. The molecule has 28 heavy (non-hydrogen) atoms. The van der Waals surface area contributed by atoms with E-state index in [1.54, 1.807) is 17.0 Å². The highest BCUT2D eigenvalue weighted by atomic mass is 79.9. The summed E-state index contributed by atoms with van der Waals surface area (Å²) in [5.74, 6) is -0.892. The Kier molecular flexibility index (Phi) is 6.03. The molecule has 2 aromatic rings. The summed E-state index contributed by atoms with van der Waals surface area (Å²) in [5.41, 5.74) is 0.374. The highest BCUT2D eigenvalue weighted by Gasteiger charge is 2.45. The Morgan fingerprint density at radius 1 is 1.25 bits per heavy atom. The Hall–Kier alpha value is -2.41. The van der Waals surface area contributed by atoms with Crippen LogP contribution in [0.5, 0.6) is 0 Å². The first-order chi connectivity index (χ1) is 13.3. The topological polar surface area (TPSA) is 55.8 Å². The first-order valence-corrected chi connectivity index (χ1v) is 9.72. The summed E-state index contributed by atoms with van der Waals surface area (Å²) >= 11 is 3.40. The molecule has 0 bridgehead atoms. The molecule has 1 heterocycles. The van der Waals surface area contributed by atoms with Gasteiger partial charge in [-0.15, -0.1) is 0 Å². The third kappa shape index (κ3) is 4.19. The lowest BCUT2D eigenvalue weighted by Crippen LogP contribution is -2.49. The van der Waals surface area contributed by atoms with Crippen LogP contribution in [0.4, 0.5) is 9.18 Å². The van der Waals surface area contributed by atoms with E-state index in [9.17, 15) is 14.0 Å². The number of amides is 1. The van der Waals surface area contributed by atoms with Crippen molar-refractivity contribution in [1.29, 1.82) is 0 Å². The van der Waals surface area contributed by atoms with Crippen LogP contribution in [-0.4, -0.2) is 30.6 Å². The van der Waals surface area contributed by atoms with Crippen LogP contribution in [0.3, 0.4) is 0 Å². The van der Waals surface area contributed by atoms with E-state index < -0.39 is 23.5 Å². The molecule has 1 aliphatic rings. The van der Waals surface area contributed by atoms with E-state index in [4.69, 9.17) is 9.47 Å². The second-order valence-corrected chi connectivity index (χ2v) is 7.71.